The number of hydrogen-bond acceptors (Lipinski definition) is 5. The highest BCUT2D eigenvalue weighted by atomic mass is 16.5. The van der Waals surface area contributed by atoms with Crippen molar-refractivity contribution in [3.63, 3.8) is 0 Å². The number of esters is 2. The standard InChI is InChI=1S/C14H24O5/c1-5-6-7-8-9-11(14(16)19-4)12(17-2)10-13(15)18-3/h10-11H,5-9H2,1-4H3/b12-10+. The lowest BCUT2D eigenvalue weighted by molar-refractivity contribution is -0.145. The van der Waals surface area contributed by atoms with Crippen LogP contribution >= 0.6 is 0 Å². The molecule has 0 aromatic carbocycles. The fourth-order valence-electron chi connectivity index (χ4n) is 1.77. The van der Waals surface area contributed by atoms with Crippen molar-refractivity contribution in [2.45, 2.75) is 39.0 Å². The lowest BCUT2D eigenvalue weighted by Crippen LogP contribution is -2.20. The molecule has 0 saturated heterocycles. The quantitative estimate of drug-likeness (QED) is 0.279. The molecule has 0 saturated carbocycles. The van der Waals surface area contributed by atoms with Crippen molar-refractivity contribution in [3.8, 4) is 0 Å². The van der Waals surface area contributed by atoms with E-state index in [1.165, 1.54) is 27.4 Å². The average molecular weight is 272 g/mol. The van der Waals surface area contributed by atoms with Crippen molar-refractivity contribution >= 4 is 11.9 Å². The van der Waals surface area contributed by atoms with Crippen LogP contribution < -0.4 is 0 Å². The molecule has 0 aromatic heterocycles. The van der Waals surface area contributed by atoms with Gasteiger partial charge in [-0.2, -0.15) is 0 Å². The van der Waals surface area contributed by atoms with Crippen LogP contribution in [-0.2, 0) is 23.8 Å². The first-order valence-electron chi connectivity index (χ1n) is 6.52. The van der Waals surface area contributed by atoms with Crippen LogP contribution in [0.4, 0.5) is 0 Å². The first-order valence-corrected chi connectivity index (χ1v) is 6.52. The first-order chi connectivity index (χ1) is 9.10. The summed E-state index contributed by atoms with van der Waals surface area (Å²) in [6.45, 7) is 2.12. The van der Waals surface area contributed by atoms with Crippen LogP contribution in [0.5, 0.6) is 0 Å². The molecular weight excluding hydrogens is 248 g/mol. The number of carbonyl (C=O) groups excluding carboxylic acids is 2. The maximum Gasteiger partial charge on any atom is 0.333 e. The van der Waals surface area contributed by atoms with Gasteiger partial charge in [0, 0.05) is 0 Å². The molecule has 0 aliphatic heterocycles. The van der Waals surface area contributed by atoms with E-state index in [0.29, 0.717) is 6.42 Å². The SMILES string of the molecule is CCCCCCC(C(=O)OC)/C(=C\C(=O)OC)OC. The second-order valence-corrected chi connectivity index (χ2v) is 4.20. The van der Waals surface area contributed by atoms with Gasteiger partial charge in [0.05, 0.1) is 27.4 Å². The van der Waals surface area contributed by atoms with Gasteiger partial charge in [0.15, 0.2) is 0 Å². The minimum absolute atomic E-state index is 0.287. The van der Waals surface area contributed by atoms with Gasteiger partial charge in [-0.3, -0.25) is 4.79 Å². The fourth-order valence-corrected chi connectivity index (χ4v) is 1.77. The molecule has 0 aliphatic rings. The van der Waals surface area contributed by atoms with E-state index in [1.807, 2.05) is 0 Å². The second kappa shape index (κ2) is 10.4. The van der Waals surface area contributed by atoms with Crippen molar-refractivity contribution in [2.24, 2.45) is 5.92 Å². The molecule has 0 aliphatic carbocycles. The van der Waals surface area contributed by atoms with E-state index in [9.17, 15) is 9.59 Å². The maximum absolute atomic E-state index is 11.8. The molecule has 0 heterocycles. The van der Waals surface area contributed by atoms with Crippen LogP contribution in [0.2, 0.25) is 0 Å². The van der Waals surface area contributed by atoms with Crippen molar-refractivity contribution in [1.29, 1.82) is 0 Å². The summed E-state index contributed by atoms with van der Waals surface area (Å²) < 4.78 is 14.4. The Labute approximate surface area is 114 Å². The molecule has 5 nitrogen and oxygen atoms in total. The van der Waals surface area contributed by atoms with E-state index in [1.54, 1.807) is 0 Å². The number of unbranched alkanes of at least 4 members (excludes halogenated alkanes) is 3. The van der Waals surface area contributed by atoms with Crippen molar-refractivity contribution in [3.05, 3.63) is 11.8 Å². The second-order valence-electron chi connectivity index (χ2n) is 4.20. The lowest BCUT2D eigenvalue weighted by Gasteiger charge is -2.16. The summed E-state index contributed by atoms with van der Waals surface area (Å²) >= 11 is 0. The van der Waals surface area contributed by atoms with E-state index in [0.717, 1.165) is 25.7 Å². The Hall–Kier alpha value is -1.52. The predicted molar refractivity (Wildman–Crippen MR) is 71.4 cm³/mol. The molecule has 0 N–H and O–H groups in total. The lowest BCUT2D eigenvalue weighted by atomic mass is 9.98. The third kappa shape index (κ3) is 6.84. The van der Waals surface area contributed by atoms with Crippen molar-refractivity contribution in [1.82, 2.24) is 0 Å². The number of rotatable bonds is 9. The predicted octanol–water partition coefficient (Wildman–Crippen LogP) is 2.45. The number of hydrogen-bond donors (Lipinski definition) is 0. The topological polar surface area (TPSA) is 61.8 Å². The van der Waals surface area contributed by atoms with Gasteiger partial charge in [-0.15, -0.1) is 0 Å². The molecule has 0 amide bonds. The largest absolute Gasteiger partial charge is 0.500 e. The highest BCUT2D eigenvalue weighted by molar-refractivity contribution is 5.84. The molecule has 19 heavy (non-hydrogen) atoms. The van der Waals surface area contributed by atoms with E-state index in [2.05, 4.69) is 11.7 Å². The van der Waals surface area contributed by atoms with E-state index >= 15 is 0 Å². The Kier molecular flexibility index (Phi) is 9.57. The summed E-state index contributed by atoms with van der Waals surface area (Å²) in [5, 5.41) is 0. The van der Waals surface area contributed by atoms with Crippen LogP contribution in [0, 0.1) is 5.92 Å². The van der Waals surface area contributed by atoms with Crippen molar-refractivity contribution in [2.75, 3.05) is 21.3 Å². The summed E-state index contributed by atoms with van der Waals surface area (Å²) in [5.41, 5.74) is 0. The molecule has 1 unspecified atom stereocenters. The molecule has 0 aromatic rings. The molecule has 5 heteroatoms. The van der Waals surface area contributed by atoms with Gasteiger partial charge >= 0.3 is 11.9 Å². The van der Waals surface area contributed by atoms with Crippen LogP contribution in [0.3, 0.4) is 0 Å². The molecule has 1 atom stereocenters. The summed E-state index contributed by atoms with van der Waals surface area (Å²) in [6, 6.07) is 0. The van der Waals surface area contributed by atoms with Crippen LogP contribution in [0.15, 0.2) is 11.8 Å². The molecule has 0 bridgehead atoms. The minimum atomic E-state index is -0.550. The summed E-state index contributed by atoms with van der Waals surface area (Å²) in [6.07, 6.45) is 5.97. The van der Waals surface area contributed by atoms with Gasteiger partial charge in [0.2, 0.25) is 0 Å². The van der Waals surface area contributed by atoms with Crippen LogP contribution in [0.25, 0.3) is 0 Å². The summed E-state index contributed by atoms with van der Waals surface area (Å²) in [5.74, 6) is -1.20. The number of ether oxygens (including phenoxy) is 3. The smallest absolute Gasteiger partial charge is 0.333 e. The third-order valence-electron chi connectivity index (χ3n) is 2.87. The molecule has 110 valence electrons. The molecule has 0 spiro atoms. The van der Waals surface area contributed by atoms with E-state index < -0.39 is 17.9 Å². The first kappa shape index (κ1) is 17.5. The Balaban J connectivity index is 4.74. The molecule has 0 rings (SSSR count). The zero-order valence-corrected chi connectivity index (χ0v) is 12.2. The average Bonchev–Trinajstić information content (AvgIpc) is 2.44. The minimum Gasteiger partial charge on any atom is -0.500 e. The fraction of sp³-hybridized carbons (Fsp3) is 0.714. The van der Waals surface area contributed by atoms with Gasteiger partial charge in [-0.25, -0.2) is 4.79 Å². The Morgan fingerprint density at radius 3 is 2.16 bits per heavy atom. The van der Waals surface area contributed by atoms with E-state index in [-0.39, 0.29) is 5.76 Å². The van der Waals surface area contributed by atoms with Gasteiger partial charge in [0.1, 0.15) is 11.7 Å². The summed E-state index contributed by atoms with van der Waals surface area (Å²) in [7, 11) is 4.03. The Bertz CT molecular complexity index is 309. The normalized spacial score (nSPS) is 12.7. The zero-order valence-electron chi connectivity index (χ0n) is 12.2. The Morgan fingerprint density at radius 2 is 1.68 bits per heavy atom. The highest BCUT2D eigenvalue weighted by Gasteiger charge is 2.25. The van der Waals surface area contributed by atoms with E-state index in [4.69, 9.17) is 9.47 Å². The molecule has 0 fully saturated rings. The summed E-state index contributed by atoms with van der Waals surface area (Å²) in [4.78, 5) is 23.0. The monoisotopic (exact) mass is 272 g/mol. The molecular formula is C14H24O5. The molecule has 0 radical (unpaired) electrons. The third-order valence-corrected chi connectivity index (χ3v) is 2.87. The maximum atomic E-state index is 11.8. The highest BCUT2D eigenvalue weighted by Crippen LogP contribution is 2.21. The number of methoxy groups -OCH3 is 3. The Morgan fingerprint density at radius 1 is 1.00 bits per heavy atom. The van der Waals surface area contributed by atoms with Gasteiger partial charge < -0.3 is 14.2 Å². The van der Waals surface area contributed by atoms with Crippen molar-refractivity contribution < 1.29 is 23.8 Å². The number of carbonyl (C=O) groups is 2. The van der Waals surface area contributed by atoms with Gasteiger partial charge in [0.25, 0.3) is 0 Å². The zero-order chi connectivity index (χ0) is 14.7. The van der Waals surface area contributed by atoms with Gasteiger partial charge in [-0.05, 0) is 6.42 Å². The van der Waals surface area contributed by atoms with Crippen LogP contribution in [-0.4, -0.2) is 33.3 Å². The van der Waals surface area contributed by atoms with Gasteiger partial charge in [-0.1, -0.05) is 32.6 Å². The van der Waals surface area contributed by atoms with Crippen LogP contribution in [0.1, 0.15) is 39.0 Å².